The van der Waals surface area contributed by atoms with Crippen molar-refractivity contribution in [2.24, 2.45) is 5.73 Å². The van der Waals surface area contributed by atoms with Gasteiger partial charge in [-0.25, -0.2) is 4.98 Å². The Morgan fingerprint density at radius 2 is 2.07 bits per heavy atom. The van der Waals surface area contributed by atoms with Gasteiger partial charge in [0.15, 0.2) is 5.76 Å². The van der Waals surface area contributed by atoms with Gasteiger partial charge in [0.05, 0.1) is 0 Å². The molecular formula is C21H22N4O4S. The van der Waals surface area contributed by atoms with Crippen LogP contribution in [-0.2, 0) is 10.4 Å². The standard InChI is InChI=1S/C21H22N4O4S/c1-11(2)17-16(18(22)26)23-19(30-17)13-6-4-5-12(9-13)14-10-15(29-24-14)21(28)7-8-25(3)20(21)27/h4-6,9-11,28H,7-8H2,1-3H3,(H2,22,26)/t21-/m1/s1. The molecule has 2 amide bonds. The largest absolute Gasteiger partial charge is 0.373 e. The molecule has 3 heterocycles. The zero-order chi connectivity index (χ0) is 21.6. The molecule has 1 fully saturated rings. The third kappa shape index (κ3) is 3.29. The zero-order valence-electron chi connectivity index (χ0n) is 16.9. The van der Waals surface area contributed by atoms with Crippen molar-refractivity contribution in [3.05, 3.63) is 46.7 Å². The maximum Gasteiger partial charge on any atom is 0.268 e. The van der Waals surface area contributed by atoms with Gasteiger partial charge >= 0.3 is 0 Å². The summed E-state index contributed by atoms with van der Waals surface area (Å²) in [7, 11) is 1.64. The summed E-state index contributed by atoms with van der Waals surface area (Å²) in [5.74, 6) is -0.688. The minimum absolute atomic E-state index is 0.128. The van der Waals surface area contributed by atoms with Crippen LogP contribution in [0.3, 0.4) is 0 Å². The molecule has 0 saturated carbocycles. The number of carbonyl (C=O) groups is 2. The van der Waals surface area contributed by atoms with Crippen molar-refractivity contribution >= 4 is 23.2 Å². The van der Waals surface area contributed by atoms with Crippen LogP contribution in [0.5, 0.6) is 0 Å². The van der Waals surface area contributed by atoms with Crippen LogP contribution in [0.2, 0.25) is 0 Å². The second kappa shape index (κ2) is 7.33. The van der Waals surface area contributed by atoms with Crippen molar-refractivity contribution in [2.45, 2.75) is 31.8 Å². The van der Waals surface area contributed by atoms with Gasteiger partial charge in [-0.2, -0.15) is 0 Å². The number of likely N-dealkylation sites (N-methyl/N-ethyl adjacent to an activating group) is 1. The first-order valence-corrected chi connectivity index (χ1v) is 10.4. The average Bonchev–Trinajstić information content (AvgIpc) is 3.44. The smallest absolute Gasteiger partial charge is 0.268 e. The van der Waals surface area contributed by atoms with Gasteiger partial charge in [-0.15, -0.1) is 11.3 Å². The predicted octanol–water partition coefficient (Wildman–Crippen LogP) is 2.74. The second-order valence-electron chi connectivity index (χ2n) is 7.75. The van der Waals surface area contributed by atoms with E-state index in [0.717, 1.165) is 16.0 Å². The molecule has 0 unspecified atom stereocenters. The number of rotatable bonds is 5. The molecule has 8 nitrogen and oxygen atoms in total. The Balaban J connectivity index is 1.69. The van der Waals surface area contributed by atoms with Crippen LogP contribution in [0.4, 0.5) is 0 Å². The SMILES string of the molecule is CC(C)c1sc(-c2cccc(-c3cc([C@]4(O)CCN(C)C4=O)on3)c2)nc1C(N)=O. The number of nitrogens with zero attached hydrogens (tertiary/aromatic N) is 3. The molecule has 156 valence electrons. The van der Waals surface area contributed by atoms with E-state index in [-0.39, 0.29) is 18.1 Å². The molecule has 1 aliphatic rings. The first-order valence-electron chi connectivity index (χ1n) is 9.57. The van der Waals surface area contributed by atoms with Gasteiger partial charge in [0.1, 0.15) is 16.4 Å². The molecule has 1 aliphatic heterocycles. The van der Waals surface area contributed by atoms with Crippen LogP contribution in [0.1, 0.15) is 47.3 Å². The van der Waals surface area contributed by atoms with Crippen molar-refractivity contribution < 1.29 is 19.2 Å². The van der Waals surface area contributed by atoms with E-state index in [0.29, 0.717) is 22.9 Å². The van der Waals surface area contributed by atoms with Crippen LogP contribution in [0.25, 0.3) is 21.8 Å². The summed E-state index contributed by atoms with van der Waals surface area (Å²) in [6.07, 6.45) is 0.254. The number of thiazole rings is 1. The minimum Gasteiger partial charge on any atom is -0.373 e. The highest BCUT2D eigenvalue weighted by atomic mass is 32.1. The van der Waals surface area contributed by atoms with E-state index in [1.807, 2.05) is 38.1 Å². The molecule has 1 aromatic carbocycles. The van der Waals surface area contributed by atoms with Crippen LogP contribution < -0.4 is 5.73 Å². The number of hydrogen-bond acceptors (Lipinski definition) is 7. The zero-order valence-corrected chi connectivity index (χ0v) is 17.7. The molecule has 1 saturated heterocycles. The number of aromatic nitrogens is 2. The molecule has 0 aliphatic carbocycles. The number of hydrogen-bond donors (Lipinski definition) is 2. The van der Waals surface area contributed by atoms with E-state index in [4.69, 9.17) is 10.3 Å². The number of nitrogens with two attached hydrogens (primary N) is 1. The Morgan fingerprint density at radius 1 is 1.33 bits per heavy atom. The summed E-state index contributed by atoms with van der Waals surface area (Å²) in [6.45, 7) is 4.43. The van der Waals surface area contributed by atoms with Crippen LogP contribution in [0, 0.1) is 0 Å². The van der Waals surface area contributed by atoms with E-state index in [2.05, 4.69) is 10.1 Å². The fourth-order valence-electron chi connectivity index (χ4n) is 3.52. The highest BCUT2D eigenvalue weighted by molar-refractivity contribution is 7.15. The molecule has 3 N–H and O–H groups in total. The van der Waals surface area contributed by atoms with E-state index < -0.39 is 17.4 Å². The van der Waals surface area contributed by atoms with Crippen molar-refractivity contribution in [1.29, 1.82) is 0 Å². The third-order valence-corrected chi connectivity index (χ3v) is 6.65. The molecular weight excluding hydrogens is 404 g/mol. The summed E-state index contributed by atoms with van der Waals surface area (Å²) >= 11 is 1.43. The number of amides is 2. The fourth-order valence-corrected chi connectivity index (χ4v) is 4.59. The highest BCUT2D eigenvalue weighted by Crippen LogP contribution is 2.37. The molecule has 4 rings (SSSR count). The molecule has 3 aromatic rings. The van der Waals surface area contributed by atoms with E-state index in [1.165, 1.54) is 16.2 Å². The highest BCUT2D eigenvalue weighted by Gasteiger charge is 2.48. The van der Waals surface area contributed by atoms with Gasteiger partial charge in [0.25, 0.3) is 11.8 Å². The fraction of sp³-hybridized carbons (Fsp3) is 0.333. The van der Waals surface area contributed by atoms with Crippen LogP contribution >= 0.6 is 11.3 Å². The van der Waals surface area contributed by atoms with Crippen molar-refractivity contribution in [2.75, 3.05) is 13.6 Å². The summed E-state index contributed by atoms with van der Waals surface area (Å²) in [5.41, 5.74) is 6.15. The third-order valence-electron chi connectivity index (χ3n) is 5.24. The van der Waals surface area contributed by atoms with Gasteiger partial charge in [0.2, 0.25) is 5.60 Å². The molecule has 0 radical (unpaired) electrons. The van der Waals surface area contributed by atoms with Crippen LogP contribution in [-0.4, -0.2) is 45.6 Å². The van der Waals surface area contributed by atoms with Crippen molar-refractivity contribution in [3.8, 4) is 21.8 Å². The van der Waals surface area contributed by atoms with Crippen LogP contribution in [0.15, 0.2) is 34.9 Å². The predicted molar refractivity (Wildman–Crippen MR) is 112 cm³/mol. The quantitative estimate of drug-likeness (QED) is 0.647. The van der Waals surface area contributed by atoms with E-state index in [1.54, 1.807) is 13.1 Å². The van der Waals surface area contributed by atoms with Gasteiger partial charge in [0, 0.05) is 42.1 Å². The first kappa shape index (κ1) is 20.2. The van der Waals surface area contributed by atoms with Crippen molar-refractivity contribution in [3.63, 3.8) is 0 Å². The Labute approximate surface area is 177 Å². The van der Waals surface area contributed by atoms with Gasteiger partial charge < -0.3 is 20.3 Å². The number of carbonyl (C=O) groups excluding carboxylic acids is 2. The monoisotopic (exact) mass is 426 g/mol. The molecule has 30 heavy (non-hydrogen) atoms. The van der Waals surface area contributed by atoms with E-state index in [9.17, 15) is 14.7 Å². The van der Waals surface area contributed by atoms with Gasteiger partial charge in [-0.3, -0.25) is 9.59 Å². The second-order valence-corrected chi connectivity index (χ2v) is 8.78. The lowest BCUT2D eigenvalue weighted by molar-refractivity contribution is -0.144. The molecule has 9 heteroatoms. The molecule has 0 bridgehead atoms. The molecule has 2 aromatic heterocycles. The van der Waals surface area contributed by atoms with Gasteiger partial charge in [-0.1, -0.05) is 37.2 Å². The summed E-state index contributed by atoms with van der Waals surface area (Å²) < 4.78 is 5.33. The topological polar surface area (TPSA) is 123 Å². The lowest BCUT2D eigenvalue weighted by Gasteiger charge is -2.16. The number of benzene rings is 1. The summed E-state index contributed by atoms with van der Waals surface area (Å²) in [4.78, 5) is 30.8. The lowest BCUT2D eigenvalue weighted by atomic mass is 9.98. The maximum atomic E-state index is 12.3. The Kier molecular flexibility index (Phi) is 4.95. The summed E-state index contributed by atoms with van der Waals surface area (Å²) in [5, 5.41) is 15.5. The lowest BCUT2D eigenvalue weighted by Crippen LogP contribution is -2.35. The Hall–Kier alpha value is -3.04. The van der Waals surface area contributed by atoms with E-state index >= 15 is 0 Å². The molecule has 1 atom stereocenters. The molecule has 0 spiro atoms. The Bertz CT molecular complexity index is 1140. The normalized spacial score (nSPS) is 19.1. The first-order chi connectivity index (χ1) is 14.2. The van der Waals surface area contributed by atoms with Gasteiger partial charge in [-0.05, 0) is 12.0 Å². The Morgan fingerprint density at radius 3 is 2.67 bits per heavy atom. The average molecular weight is 426 g/mol. The summed E-state index contributed by atoms with van der Waals surface area (Å²) in [6, 6.07) is 9.06. The van der Waals surface area contributed by atoms with Crippen molar-refractivity contribution in [1.82, 2.24) is 15.0 Å². The maximum absolute atomic E-state index is 12.3. The minimum atomic E-state index is -1.69. The number of aliphatic hydroxyl groups is 1. The number of primary amides is 1. The number of likely N-dealkylation sites (tertiary alicyclic amines) is 1.